The second kappa shape index (κ2) is 8.66. The Labute approximate surface area is 174 Å². The summed E-state index contributed by atoms with van der Waals surface area (Å²) in [5, 5.41) is 3.77. The van der Waals surface area contributed by atoms with Crippen LogP contribution in [-0.4, -0.2) is 23.1 Å². The van der Waals surface area contributed by atoms with Gasteiger partial charge in [0.25, 0.3) is 5.91 Å². The predicted molar refractivity (Wildman–Crippen MR) is 118 cm³/mol. The Bertz CT molecular complexity index is 1180. The van der Waals surface area contributed by atoms with Gasteiger partial charge in [-0.2, -0.15) is 0 Å². The molecule has 1 aromatic heterocycles. The standard InChI is InChI=1S/C25H22N2O3/c1-18-11-13-21(14-12-18)26-24(28)17-30-25(29)16-27-22-10-6-5-9-20(22)15-23(27)19-7-3-2-4-8-19/h2-15H,16-17H2,1H3,(H,26,28). The van der Waals surface area contributed by atoms with E-state index in [0.29, 0.717) is 5.69 Å². The Morgan fingerprint density at radius 1 is 0.900 bits per heavy atom. The summed E-state index contributed by atoms with van der Waals surface area (Å²) in [7, 11) is 0. The first kappa shape index (κ1) is 19.5. The van der Waals surface area contributed by atoms with Crippen LogP contribution >= 0.6 is 0 Å². The number of rotatable bonds is 6. The molecule has 0 aliphatic heterocycles. The lowest BCUT2D eigenvalue weighted by Gasteiger charge is -2.11. The molecular formula is C25H22N2O3. The second-order valence-corrected chi connectivity index (χ2v) is 7.12. The number of aryl methyl sites for hydroxylation is 1. The molecule has 1 N–H and O–H groups in total. The topological polar surface area (TPSA) is 60.3 Å². The molecule has 0 unspecified atom stereocenters. The SMILES string of the molecule is Cc1ccc(NC(=O)COC(=O)Cn2c(-c3ccccc3)cc3ccccc32)cc1. The number of fused-ring (bicyclic) bond motifs is 1. The van der Waals surface area contributed by atoms with E-state index in [2.05, 4.69) is 11.4 Å². The molecule has 0 spiro atoms. The van der Waals surface area contributed by atoms with Gasteiger partial charge in [0, 0.05) is 22.3 Å². The largest absolute Gasteiger partial charge is 0.454 e. The van der Waals surface area contributed by atoms with Gasteiger partial charge in [-0.25, -0.2) is 0 Å². The zero-order valence-electron chi connectivity index (χ0n) is 16.7. The summed E-state index contributed by atoms with van der Waals surface area (Å²) in [5.74, 6) is -0.833. The third-order valence-corrected chi connectivity index (χ3v) is 4.87. The van der Waals surface area contributed by atoms with Crippen molar-refractivity contribution in [1.29, 1.82) is 0 Å². The van der Waals surface area contributed by atoms with E-state index >= 15 is 0 Å². The zero-order chi connectivity index (χ0) is 20.9. The number of nitrogens with one attached hydrogen (secondary N) is 1. The first-order valence-electron chi connectivity index (χ1n) is 9.76. The summed E-state index contributed by atoms with van der Waals surface area (Å²) in [4.78, 5) is 24.6. The lowest BCUT2D eigenvalue weighted by Crippen LogP contribution is -2.23. The van der Waals surface area contributed by atoms with Crippen molar-refractivity contribution in [1.82, 2.24) is 4.57 Å². The molecule has 4 rings (SSSR count). The van der Waals surface area contributed by atoms with Gasteiger partial charge in [-0.05, 0) is 36.8 Å². The van der Waals surface area contributed by atoms with E-state index in [-0.39, 0.29) is 19.1 Å². The summed E-state index contributed by atoms with van der Waals surface area (Å²) in [6.07, 6.45) is 0. The van der Waals surface area contributed by atoms with Gasteiger partial charge in [0.1, 0.15) is 6.54 Å². The summed E-state index contributed by atoms with van der Waals surface area (Å²) in [6, 6.07) is 27.3. The minimum absolute atomic E-state index is 0.0234. The van der Waals surface area contributed by atoms with Crippen molar-refractivity contribution >= 4 is 28.5 Å². The first-order valence-corrected chi connectivity index (χ1v) is 9.76. The quantitative estimate of drug-likeness (QED) is 0.475. The number of esters is 1. The van der Waals surface area contributed by atoms with Crippen LogP contribution in [0.5, 0.6) is 0 Å². The Morgan fingerprint density at radius 2 is 1.60 bits per heavy atom. The molecule has 4 aromatic rings. The van der Waals surface area contributed by atoms with Gasteiger partial charge in [-0.3, -0.25) is 9.59 Å². The monoisotopic (exact) mass is 398 g/mol. The Balaban J connectivity index is 1.46. The molecule has 0 saturated carbocycles. The van der Waals surface area contributed by atoms with Crippen molar-refractivity contribution in [2.45, 2.75) is 13.5 Å². The minimum atomic E-state index is -0.465. The number of carbonyl (C=O) groups is 2. The predicted octanol–water partition coefficient (Wildman–Crippen LogP) is 4.80. The molecule has 0 aliphatic carbocycles. The molecule has 30 heavy (non-hydrogen) atoms. The minimum Gasteiger partial charge on any atom is -0.454 e. The number of ether oxygens (including phenoxy) is 1. The highest BCUT2D eigenvalue weighted by molar-refractivity contribution is 5.93. The van der Waals surface area contributed by atoms with Gasteiger partial charge in [-0.15, -0.1) is 0 Å². The van der Waals surface area contributed by atoms with Crippen LogP contribution in [0.3, 0.4) is 0 Å². The van der Waals surface area contributed by atoms with Gasteiger partial charge in [0.05, 0.1) is 0 Å². The molecule has 5 heteroatoms. The summed E-state index contributed by atoms with van der Waals surface area (Å²) >= 11 is 0. The number of benzene rings is 3. The number of nitrogens with zero attached hydrogens (tertiary/aromatic N) is 1. The number of hydrogen-bond donors (Lipinski definition) is 1. The van der Waals surface area contributed by atoms with Gasteiger partial charge in [0.2, 0.25) is 0 Å². The van der Waals surface area contributed by atoms with Gasteiger partial charge in [0.15, 0.2) is 6.61 Å². The van der Waals surface area contributed by atoms with E-state index in [1.807, 2.05) is 90.4 Å². The van der Waals surface area contributed by atoms with Crippen LogP contribution in [0.4, 0.5) is 5.69 Å². The first-order chi connectivity index (χ1) is 14.6. The lowest BCUT2D eigenvalue weighted by atomic mass is 10.1. The maximum absolute atomic E-state index is 12.5. The molecule has 1 amide bonds. The van der Waals surface area contributed by atoms with E-state index in [9.17, 15) is 9.59 Å². The van der Waals surface area contributed by atoms with Crippen LogP contribution in [0.15, 0.2) is 84.9 Å². The van der Waals surface area contributed by atoms with E-state index in [1.165, 1.54) is 0 Å². The van der Waals surface area contributed by atoms with Crippen molar-refractivity contribution in [2.75, 3.05) is 11.9 Å². The number of para-hydroxylation sites is 1. The van der Waals surface area contributed by atoms with Crippen molar-refractivity contribution in [3.05, 3.63) is 90.5 Å². The van der Waals surface area contributed by atoms with Crippen LogP contribution in [0.2, 0.25) is 0 Å². The fourth-order valence-corrected chi connectivity index (χ4v) is 3.38. The van der Waals surface area contributed by atoms with Crippen molar-refractivity contribution < 1.29 is 14.3 Å². The van der Waals surface area contributed by atoms with Gasteiger partial charge >= 0.3 is 5.97 Å². The molecule has 5 nitrogen and oxygen atoms in total. The lowest BCUT2D eigenvalue weighted by molar-refractivity contribution is -0.147. The molecule has 0 atom stereocenters. The third kappa shape index (κ3) is 4.41. The third-order valence-electron chi connectivity index (χ3n) is 4.87. The smallest absolute Gasteiger partial charge is 0.326 e. The molecule has 0 radical (unpaired) electrons. The van der Waals surface area contributed by atoms with E-state index in [4.69, 9.17) is 4.74 Å². The second-order valence-electron chi connectivity index (χ2n) is 7.12. The molecule has 0 aliphatic rings. The zero-order valence-corrected chi connectivity index (χ0v) is 16.7. The maximum atomic E-state index is 12.5. The average molecular weight is 398 g/mol. The number of anilines is 1. The fourth-order valence-electron chi connectivity index (χ4n) is 3.38. The van der Waals surface area contributed by atoms with Crippen LogP contribution in [0.25, 0.3) is 22.2 Å². The average Bonchev–Trinajstić information content (AvgIpc) is 3.13. The summed E-state index contributed by atoms with van der Waals surface area (Å²) < 4.78 is 7.16. The van der Waals surface area contributed by atoms with Crippen LogP contribution in [-0.2, 0) is 20.9 Å². The summed E-state index contributed by atoms with van der Waals surface area (Å²) in [5.41, 5.74) is 4.66. The summed E-state index contributed by atoms with van der Waals surface area (Å²) in [6.45, 7) is 1.67. The molecule has 0 bridgehead atoms. The Kier molecular flexibility index (Phi) is 5.61. The number of hydrogen-bond acceptors (Lipinski definition) is 3. The number of amides is 1. The highest BCUT2D eigenvalue weighted by Gasteiger charge is 2.15. The maximum Gasteiger partial charge on any atom is 0.326 e. The molecule has 1 heterocycles. The molecule has 0 fully saturated rings. The van der Waals surface area contributed by atoms with Crippen molar-refractivity contribution in [2.24, 2.45) is 0 Å². The van der Waals surface area contributed by atoms with Crippen molar-refractivity contribution in [3.63, 3.8) is 0 Å². The van der Waals surface area contributed by atoms with E-state index < -0.39 is 5.97 Å². The fraction of sp³-hybridized carbons (Fsp3) is 0.120. The molecule has 0 saturated heterocycles. The van der Waals surface area contributed by atoms with Gasteiger partial charge in [-0.1, -0.05) is 66.2 Å². The molecule has 3 aromatic carbocycles. The number of carbonyl (C=O) groups excluding carboxylic acids is 2. The Morgan fingerprint density at radius 3 is 2.37 bits per heavy atom. The highest BCUT2D eigenvalue weighted by atomic mass is 16.5. The van der Waals surface area contributed by atoms with Gasteiger partial charge < -0.3 is 14.6 Å². The highest BCUT2D eigenvalue weighted by Crippen LogP contribution is 2.28. The molecule has 150 valence electrons. The Hall–Kier alpha value is -3.86. The van der Waals surface area contributed by atoms with Crippen molar-refractivity contribution in [3.8, 4) is 11.3 Å². The normalized spacial score (nSPS) is 10.7. The van der Waals surface area contributed by atoms with Crippen LogP contribution in [0, 0.1) is 6.92 Å². The van der Waals surface area contributed by atoms with Crippen LogP contribution < -0.4 is 5.32 Å². The van der Waals surface area contributed by atoms with Crippen LogP contribution in [0.1, 0.15) is 5.56 Å². The van der Waals surface area contributed by atoms with E-state index in [1.54, 1.807) is 0 Å². The van der Waals surface area contributed by atoms with E-state index in [0.717, 1.165) is 27.7 Å². The molecular weight excluding hydrogens is 376 g/mol. The number of aromatic nitrogens is 1.